The maximum atomic E-state index is 6.63. The number of fused-ring (bicyclic) bond motifs is 1. The first kappa shape index (κ1) is 22.0. The second kappa shape index (κ2) is 9.62. The van der Waals surface area contributed by atoms with Crippen molar-refractivity contribution in [1.29, 1.82) is 0 Å². The maximum absolute atomic E-state index is 6.63. The van der Waals surface area contributed by atoms with E-state index in [9.17, 15) is 0 Å². The van der Waals surface area contributed by atoms with Gasteiger partial charge in [-0.3, -0.25) is 0 Å². The van der Waals surface area contributed by atoms with Crippen LogP contribution in [0.25, 0.3) is 33.4 Å². The van der Waals surface area contributed by atoms with E-state index in [4.69, 9.17) is 26.1 Å². The molecule has 0 spiro atoms. The summed E-state index contributed by atoms with van der Waals surface area (Å²) in [6.45, 7) is 3.60. The van der Waals surface area contributed by atoms with E-state index in [0.717, 1.165) is 83.3 Å². The molecule has 0 radical (unpaired) electrons. The van der Waals surface area contributed by atoms with E-state index >= 15 is 0 Å². The molecular weight excluding hydrogens is 466 g/mol. The summed E-state index contributed by atoms with van der Waals surface area (Å²) in [6.07, 6.45) is 2.41. The molecule has 2 aromatic carbocycles. The molecule has 2 saturated heterocycles. The Balaban J connectivity index is 1.20. The summed E-state index contributed by atoms with van der Waals surface area (Å²) >= 11 is 8.45. The number of aromatic nitrogens is 2. The molecule has 0 amide bonds. The van der Waals surface area contributed by atoms with Gasteiger partial charge in [-0.1, -0.05) is 48.0 Å². The maximum Gasteiger partial charge on any atom is 0.119 e. The van der Waals surface area contributed by atoms with Gasteiger partial charge >= 0.3 is 0 Å². The van der Waals surface area contributed by atoms with Crippen molar-refractivity contribution >= 4 is 34.4 Å². The van der Waals surface area contributed by atoms with E-state index in [2.05, 4.69) is 52.8 Å². The molecule has 2 aromatic heterocycles. The highest BCUT2D eigenvalue weighted by Gasteiger charge is 2.19. The van der Waals surface area contributed by atoms with Crippen molar-refractivity contribution in [2.75, 3.05) is 26.3 Å². The van der Waals surface area contributed by atoms with Gasteiger partial charge in [-0.05, 0) is 54.8 Å². The number of nitrogens with zero attached hydrogens (tertiary/aromatic N) is 1. The van der Waals surface area contributed by atoms with Crippen molar-refractivity contribution in [1.82, 2.24) is 15.3 Å². The van der Waals surface area contributed by atoms with E-state index in [1.165, 1.54) is 0 Å². The highest BCUT2D eigenvalue weighted by Crippen LogP contribution is 2.34. The number of hydrogen-bond donors (Lipinski definition) is 2. The summed E-state index contributed by atoms with van der Waals surface area (Å²) in [5.41, 5.74) is 5.99. The second-order valence-corrected chi connectivity index (χ2v) is 10.6. The Morgan fingerprint density at radius 3 is 2.44 bits per heavy atom. The Morgan fingerprint density at radius 1 is 0.971 bits per heavy atom. The summed E-state index contributed by atoms with van der Waals surface area (Å²) in [7, 11) is 0. The predicted octanol–water partition coefficient (Wildman–Crippen LogP) is 6.17. The minimum atomic E-state index is 0.270. The molecule has 4 heterocycles. The molecule has 174 valence electrons. The zero-order chi connectivity index (χ0) is 22.9. The monoisotopic (exact) mass is 491 g/mol. The average molecular weight is 492 g/mol. The number of nitrogens with one attached hydrogen (secondary N) is 2. The molecule has 7 heteroatoms. The smallest absolute Gasteiger partial charge is 0.119 e. The van der Waals surface area contributed by atoms with Gasteiger partial charge in [-0.15, -0.1) is 11.8 Å². The zero-order valence-corrected chi connectivity index (χ0v) is 20.3. The third-order valence-corrected chi connectivity index (χ3v) is 7.84. The summed E-state index contributed by atoms with van der Waals surface area (Å²) < 4.78 is 11.5. The number of pyridine rings is 1. The van der Waals surface area contributed by atoms with E-state index in [1.807, 2.05) is 30.0 Å². The predicted molar refractivity (Wildman–Crippen MR) is 139 cm³/mol. The first-order valence-corrected chi connectivity index (χ1v) is 13.0. The number of thioether (sulfide) groups is 1. The Kier molecular flexibility index (Phi) is 6.22. The topological polar surface area (TPSA) is 59.2 Å². The lowest BCUT2D eigenvalue weighted by Crippen LogP contribution is -2.19. The fourth-order valence-electron chi connectivity index (χ4n) is 4.53. The Hall–Kier alpha value is -2.51. The third-order valence-electron chi connectivity index (χ3n) is 6.38. The van der Waals surface area contributed by atoms with Crippen LogP contribution in [0.5, 0.6) is 5.75 Å². The standard InChI is InChI=1S/C27H26ClN3O2S/c28-23-13-24-25(14-26(30-24)34-22-10-12-32-16-22)31-27(23)19-3-1-17(2-4-19)18-5-7-20(8-6-18)33-21-9-11-29-15-21/h1-8,13-14,21-22,29-30H,9-12,15-16H2. The molecule has 5 nitrogen and oxygen atoms in total. The molecule has 4 aromatic rings. The highest BCUT2D eigenvalue weighted by atomic mass is 35.5. The van der Waals surface area contributed by atoms with Crippen LogP contribution in [0.2, 0.25) is 5.02 Å². The number of aromatic amines is 1. The van der Waals surface area contributed by atoms with Crippen molar-refractivity contribution < 1.29 is 9.47 Å². The second-order valence-electron chi connectivity index (χ2n) is 8.82. The molecule has 0 saturated carbocycles. The van der Waals surface area contributed by atoms with Crippen LogP contribution in [0.3, 0.4) is 0 Å². The first-order chi connectivity index (χ1) is 16.7. The van der Waals surface area contributed by atoms with E-state index in [0.29, 0.717) is 10.3 Å². The lowest BCUT2D eigenvalue weighted by atomic mass is 10.0. The van der Waals surface area contributed by atoms with Crippen molar-refractivity contribution in [3.05, 3.63) is 65.7 Å². The fraction of sp³-hybridized carbons (Fsp3) is 0.296. The molecule has 2 fully saturated rings. The number of ether oxygens (including phenoxy) is 2. The number of benzene rings is 2. The Bertz CT molecular complexity index is 1280. The van der Waals surface area contributed by atoms with Crippen molar-refractivity contribution in [2.45, 2.75) is 29.2 Å². The van der Waals surface area contributed by atoms with Crippen LogP contribution >= 0.6 is 23.4 Å². The van der Waals surface area contributed by atoms with Crippen LogP contribution in [0.15, 0.2) is 65.7 Å². The van der Waals surface area contributed by atoms with Gasteiger partial charge in [-0.25, -0.2) is 4.98 Å². The highest BCUT2D eigenvalue weighted by molar-refractivity contribution is 7.99. The van der Waals surface area contributed by atoms with Crippen LogP contribution < -0.4 is 10.1 Å². The lowest BCUT2D eigenvalue weighted by Gasteiger charge is -2.13. The van der Waals surface area contributed by atoms with Crippen LogP contribution in [0.1, 0.15) is 12.8 Å². The average Bonchev–Trinajstić information content (AvgIpc) is 3.62. The fourth-order valence-corrected chi connectivity index (χ4v) is 5.87. The number of H-pyrrole nitrogens is 1. The number of rotatable bonds is 6. The van der Waals surface area contributed by atoms with E-state index < -0.39 is 0 Å². The van der Waals surface area contributed by atoms with E-state index in [-0.39, 0.29) is 6.10 Å². The summed E-state index contributed by atoms with van der Waals surface area (Å²) in [4.78, 5) is 8.32. The molecule has 6 rings (SSSR count). The van der Waals surface area contributed by atoms with Crippen molar-refractivity contribution in [3.8, 4) is 28.1 Å². The van der Waals surface area contributed by atoms with Crippen molar-refractivity contribution in [3.63, 3.8) is 0 Å². The summed E-state index contributed by atoms with van der Waals surface area (Å²) in [5.74, 6) is 0.919. The van der Waals surface area contributed by atoms with Gasteiger partial charge < -0.3 is 19.8 Å². The van der Waals surface area contributed by atoms with Gasteiger partial charge in [0, 0.05) is 24.0 Å². The van der Waals surface area contributed by atoms with Gasteiger partial charge in [0.25, 0.3) is 0 Å². The summed E-state index contributed by atoms with van der Waals surface area (Å²) in [6, 6.07) is 20.8. The molecule has 2 unspecified atom stereocenters. The van der Waals surface area contributed by atoms with Crippen LogP contribution in [0, 0.1) is 0 Å². The van der Waals surface area contributed by atoms with Gasteiger partial charge in [0.1, 0.15) is 11.9 Å². The Labute approximate surface area is 208 Å². The number of halogens is 1. The largest absolute Gasteiger partial charge is 0.489 e. The van der Waals surface area contributed by atoms with Gasteiger partial charge in [0.05, 0.1) is 33.4 Å². The molecule has 2 aliphatic heterocycles. The molecule has 0 aliphatic carbocycles. The van der Waals surface area contributed by atoms with Crippen LogP contribution in [-0.2, 0) is 4.74 Å². The van der Waals surface area contributed by atoms with Crippen LogP contribution in [-0.4, -0.2) is 47.6 Å². The third kappa shape index (κ3) is 4.68. The van der Waals surface area contributed by atoms with Gasteiger partial charge in [0.15, 0.2) is 0 Å². The minimum Gasteiger partial charge on any atom is -0.489 e. The molecule has 34 heavy (non-hydrogen) atoms. The van der Waals surface area contributed by atoms with Gasteiger partial charge in [-0.2, -0.15) is 0 Å². The minimum absolute atomic E-state index is 0.270. The quantitative estimate of drug-likeness (QED) is 0.337. The molecule has 2 aliphatic rings. The molecule has 2 atom stereocenters. The molecule has 2 N–H and O–H groups in total. The SMILES string of the molecule is Clc1cc2[nH]c(SC3CCOC3)cc2nc1-c1ccc(-c2ccc(OC3CCNC3)cc2)cc1. The van der Waals surface area contributed by atoms with Gasteiger partial charge in [0.2, 0.25) is 0 Å². The summed E-state index contributed by atoms with van der Waals surface area (Å²) in [5, 5.41) is 5.58. The van der Waals surface area contributed by atoms with E-state index in [1.54, 1.807) is 0 Å². The number of hydrogen-bond acceptors (Lipinski definition) is 5. The zero-order valence-electron chi connectivity index (χ0n) is 18.7. The Morgan fingerprint density at radius 2 is 1.74 bits per heavy atom. The van der Waals surface area contributed by atoms with Crippen LogP contribution in [0.4, 0.5) is 0 Å². The molecular formula is C27H26ClN3O2S. The lowest BCUT2D eigenvalue weighted by molar-refractivity contribution is 0.199. The first-order valence-electron chi connectivity index (χ1n) is 11.7. The normalized spacial score (nSPS) is 20.3. The molecule has 0 bridgehead atoms. The van der Waals surface area contributed by atoms with Crippen molar-refractivity contribution in [2.24, 2.45) is 0 Å².